The molecule has 0 spiro atoms. The molecule has 0 saturated carbocycles. The third kappa shape index (κ3) is 3.95. The molecule has 1 heterocycles. The highest BCUT2D eigenvalue weighted by Gasteiger charge is 2.40. The van der Waals surface area contributed by atoms with Crippen LogP contribution in [0.5, 0.6) is 5.75 Å². The summed E-state index contributed by atoms with van der Waals surface area (Å²) in [4.78, 5) is 10.9. The van der Waals surface area contributed by atoms with Crippen molar-refractivity contribution < 1.29 is 24.1 Å². The molecule has 0 atom stereocenters. The van der Waals surface area contributed by atoms with E-state index in [1.165, 1.54) is 6.92 Å². The molecule has 1 aliphatic rings. The molecule has 1 aromatic rings. The van der Waals surface area contributed by atoms with Crippen LogP contribution < -0.4 is 4.74 Å². The van der Waals surface area contributed by atoms with Crippen LogP contribution in [0.2, 0.25) is 0 Å². The van der Waals surface area contributed by atoms with Gasteiger partial charge in [0.1, 0.15) is 5.75 Å². The van der Waals surface area contributed by atoms with E-state index < -0.39 is 11.8 Å². The van der Waals surface area contributed by atoms with Crippen molar-refractivity contribution in [3.63, 3.8) is 0 Å². The van der Waals surface area contributed by atoms with Crippen molar-refractivity contribution in [3.05, 3.63) is 30.3 Å². The van der Waals surface area contributed by atoms with E-state index in [4.69, 9.17) is 19.3 Å². The van der Waals surface area contributed by atoms with Gasteiger partial charge >= 0.3 is 5.97 Å². The number of hydrogen-bond donors (Lipinski definition) is 1. The maximum atomic E-state index is 10.9. The highest BCUT2D eigenvalue weighted by Crippen LogP contribution is 2.24. The zero-order chi connectivity index (χ0) is 14.4. The Morgan fingerprint density at radius 1 is 1.35 bits per heavy atom. The Labute approximate surface area is 118 Å². The second-order valence-corrected chi connectivity index (χ2v) is 5.04. The third-order valence-corrected chi connectivity index (χ3v) is 3.35. The van der Waals surface area contributed by atoms with E-state index >= 15 is 0 Å². The largest absolute Gasteiger partial charge is 0.494 e. The Hall–Kier alpha value is -1.59. The summed E-state index contributed by atoms with van der Waals surface area (Å²) in [6.45, 7) is 2.89. The van der Waals surface area contributed by atoms with Crippen molar-refractivity contribution in [3.8, 4) is 5.75 Å². The lowest BCUT2D eigenvalue weighted by atomic mass is 10.0. The molecule has 5 heteroatoms. The number of carbonyl (C=O) groups is 1. The zero-order valence-electron chi connectivity index (χ0n) is 11.6. The number of benzene rings is 1. The maximum absolute atomic E-state index is 10.9. The second-order valence-electron chi connectivity index (χ2n) is 5.04. The van der Waals surface area contributed by atoms with Gasteiger partial charge < -0.3 is 19.3 Å². The fraction of sp³-hybridized carbons (Fsp3) is 0.533. The molecule has 2 rings (SSSR count). The van der Waals surface area contributed by atoms with Gasteiger partial charge in [-0.2, -0.15) is 0 Å². The zero-order valence-corrected chi connectivity index (χ0v) is 11.6. The van der Waals surface area contributed by atoms with Crippen molar-refractivity contribution in [2.75, 3.05) is 19.8 Å². The first-order valence-electron chi connectivity index (χ1n) is 6.79. The van der Waals surface area contributed by atoms with Crippen LogP contribution >= 0.6 is 0 Å². The number of para-hydroxylation sites is 1. The molecule has 5 nitrogen and oxygen atoms in total. The lowest BCUT2D eigenvalue weighted by molar-refractivity contribution is -0.271. The lowest BCUT2D eigenvalue weighted by Gasteiger charge is -2.34. The molecule has 1 saturated heterocycles. The first-order chi connectivity index (χ1) is 9.60. The molecule has 0 amide bonds. The van der Waals surface area contributed by atoms with Gasteiger partial charge in [-0.3, -0.25) is 0 Å². The molecular weight excluding hydrogens is 260 g/mol. The van der Waals surface area contributed by atoms with Crippen LogP contribution in [-0.4, -0.2) is 36.7 Å². The summed E-state index contributed by atoms with van der Waals surface area (Å²) in [7, 11) is 0. The molecule has 1 aromatic carbocycles. The molecule has 1 aliphatic heterocycles. The van der Waals surface area contributed by atoms with E-state index in [9.17, 15) is 4.79 Å². The van der Waals surface area contributed by atoms with Gasteiger partial charge in [0, 0.05) is 12.8 Å². The second kappa shape index (κ2) is 6.72. The highest BCUT2D eigenvalue weighted by atomic mass is 16.7. The fourth-order valence-electron chi connectivity index (χ4n) is 2.01. The minimum absolute atomic E-state index is 0.224. The Kier molecular flexibility index (Phi) is 4.98. The van der Waals surface area contributed by atoms with Crippen LogP contribution in [0.15, 0.2) is 30.3 Å². The van der Waals surface area contributed by atoms with Gasteiger partial charge in [0.05, 0.1) is 19.8 Å². The van der Waals surface area contributed by atoms with Crippen molar-refractivity contribution in [2.24, 2.45) is 5.92 Å². The Bertz CT molecular complexity index is 423. The van der Waals surface area contributed by atoms with E-state index in [1.54, 1.807) is 0 Å². The van der Waals surface area contributed by atoms with Crippen LogP contribution in [0, 0.1) is 5.92 Å². The Morgan fingerprint density at radius 3 is 2.60 bits per heavy atom. The van der Waals surface area contributed by atoms with Crippen LogP contribution in [-0.2, 0) is 14.3 Å². The van der Waals surface area contributed by atoms with Gasteiger partial charge in [-0.25, -0.2) is 4.79 Å². The van der Waals surface area contributed by atoms with Crippen molar-refractivity contribution in [1.29, 1.82) is 0 Å². The number of aliphatic carboxylic acids is 1. The molecule has 1 N–H and O–H groups in total. The summed E-state index contributed by atoms with van der Waals surface area (Å²) in [5.74, 6) is -1.48. The number of hydrogen-bond acceptors (Lipinski definition) is 4. The lowest BCUT2D eigenvalue weighted by Crippen LogP contribution is -2.47. The van der Waals surface area contributed by atoms with Gasteiger partial charge in [0.15, 0.2) is 0 Å². The van der Waals surface area contributed by atoms with Gasteiger partial charge in [0.25, 0.3) is 5.79 Å². The van der Waals surface area contributed by atoms with Crippen LogP contribution in [0.1, 0.15) is 19.8 Å². The van der Waals surface area contributed by atoms with Gasteiger partial charge in [0.2, 0.25) is 0 Å². The smallest absolute Gasteiger partial charge is 0.364 e. The average molecular weight is 280 g/mol. The normalized spacial score (nSPS) is 26.1. The number of rotatable bonds is 6. The standard InChI is InChI=1S/C15H20O5/c1-15(14(16)17)19-10-12(11-20-15)6-5-9-18-13-7-3-2-4-8-13/h2-4,7-8,12H,5-6,9-11H2,1H3,(H,16,17). The SMILES string of the molecule is CC1(C(=O)O)OCC(CCCOc2ccccc2)CO1. The predicted molar refractivity (Wildman–Crippen MR) is 72.6 cm³/mol. The maximum Gasteiger partial charge on any atom is 0.364 e. The highest BCUT2D eigenvalue weighted by molar-refractivity contribution is 5.75. The molecule has 20 heavy (non-hydrogen) atoms. The number of carboxylic acid groups (broad SMARTS) is 1. The summed E-state index contributed by atoms with van der Waals surface area (Å²) >= 11 is 0. The van der Waals surface area contributed by atoms with E-state index in [0.717, 1.165) is 18.6 Å². The molecule has 0 aromatic heterocycles. The van der Waals surface area contributed by atoms with E-state index in [2.05, 4.69) is 0 Å². The third-order valence-electron chi connectivity index (χ3n) is 3.35. The molecule has 110 valence electrons. The Morgan fingerprint density at radius 2 is 2.00 bits per heavy atom. The number of ether oxygens (including phenoxy) is 3. The van der Waals surface area contributed by atoms with Gasteiger partial charge in [-0.1, -0.05) is 18.2 Å². The van der Waals surface area contributed by atoms with Gasteiger partial charge in [-0.15, -0.1) is 0 Å². The molecular formula is C15H20O5. The van der Waals surface area contributed by atoms with Crippen LogP contribution in [0.4, 0.5) is 0 Å². The summed E-state index contributed by atoms with van der Waals surface area (Å²) in [6.07, 6.45) is 1.78. The Balaban J connectivity index is 1.63. The van der Waals surface area contributed by atoms with Crippen molar-refractivity contribution >= 4 is 5.97 Å². The number of carboxylic acids is 1. The predicted octanol–water partition coefficient (Wildman–Crippen LogP) is 2.31. The minimum Gasteiger partial charge on any atom is -0.494 e. The van der Waals surface area contributed by atoms with E-state index in [-0.39, 0.29) is 5.92 Å². The van der Waals surface area contributed by atoms with E-state index in [1.807, 2.05) is 30.3 Å². The van der Waals surface area contributed by atoms with Crippen molar-refractivity contribution in [2.45, 2.75) is 25.6 Å². The fourth-order valence-corrected chi connectivity index (χ4v) is 2.01. The monoisotopic (exact) mass is 280 g/mol. The van der Waals surface area contributed by atoms with E-state index in [0.29, 0.717) is 19.8 Å². The average Bonchev–Trinajstić information content (AvgIpc) is 2.46. The molecule has 0 unspecified atom stereocenters. The minimum atomic E-state index is -1.49. The quantitative estimate of drug-likeness (QED) is 0.810. The first kappa shape index (κ1) is 14.8. The molecule has 0 bridgehead atoms. The molecule has 0 radical (unpaired) electrons. The summed E-state index contributed by atoms with van der Waals surface area (Å²) in [5.41, 5.74) is 0. The first-order valence-corrected chi connectivity index (χ1v) is 6.79. The molecule has 0 aliphatic carbocycles. The summed E-state index contributed by atoms with van der Waals surface area (Å²) in [5, 5.41) is 8.95. The van der Waals surface area contributed by atoms with Crippen LogP contribution in [0.3, 0.4) is 0 Å². The summed E-state index contributed by atoms with van der Waals surface area (Å²) < 4.78 is 16.2. The van der Waals surface area contributed by atoms with Crippen molar-refractivity contribution in [1.82, 2.24) is 0 Å². The summed E-state index contributed by atoms with van der Waals surface area (Å²) in [6, 6.07) is 9.66. The molecule has 1 fully saturated rings. The van der Waals surface area contributed by atoms with Gasteiger partial charge in [-0.05, 0) is 25.0 Å². The topological polar surface area (TPSA) is 65.0 Å². The van der Waals surface area contributed by atoms with Crippen LogP contribution in [0.25, 0.3) is 0 Å².